The molecule has 1 N–H and O–H groups in total. The van der Waals surface area contributed by atoms with Gasteiger partial charge in [-0.15, -0.1) is 0 Å². The van der Waals surface area contributed by atoms with E-state index in [2.05, 4.69) is 33.1 Å². The molecule has 2 aromatic heterocycles. The number of nitrogens with one attached hydrogen (secondary N) is 1. The summed E-state index contributed by atoms with van der Waals surface area (Å²) < 4.78 is 7.80. The number of para-hydroxylation sites is 2. The minimum Gasteiger partial charge on any atom is -0.451 e. The van der Waals surface area contributed by atoms with Gasteiger partial charge in [0.25, 0.3) is 5.91 Å². The van der Waals surface area contributed by atoms with Crippen molar-refractivity contribution in [1.82, 2.24) is 14.8 Å². The molecular formula is C22H23N3O2. The highest BCUT2D eigenvalue weighted by molar-refractivity contribution is 5.96. The van der Waals surface area contributed by atoms with E-state index in [1.807, 2.05) is 57.5 Å². The lowest BCUT2D eigenvalue weighted by Gasteiger charge is -2.24. The van der Waals surface area contributed by atoms with Crippen molar-refractivity contribution in [2.24, 2.45) is 7.05 Å². The first-order valence-electron chi connectivity index (χ1n) is 9.02. The summed E-state index contributed by atoms with van der Waals surface area (Å²) in [6, 6.07) is 17.8. The molecule has 4 rings (SSSR count). The number of benzene rings is 2. The summed E-state index contributed by atoms with van der Waals surface area (Å²) in [6.07, 6.45) is 2.14. The van der Waals surface area contributed by atoms with Crippen LogP contribution in [0.5, 0.6) is 0 Å². The number of rotatable bonds is 5. The van der Waals surface area contributed by atoms with Crippen molar-refractivity contribution >= 4 is 27.8 Å². The fourth-order valence-electron chi connectivity index (χ4n) is 3.58. The van der Waals surface area contributed by atoms with Crippen molar-refractivity contribution in [2.45, 2.75) is 6.04 Å². The first-order valence-corrected chi connectivity index (χ1v) is 9.02. The summed E-state index contributed by atoms with van der Waals surface area (Å²) in [5.74, 6) is 0.143. The molecule has 0 aliphatic rings. The summed E-state index contributed by atoms with van der Waals surface area (Å²) in [7, 11) is 6.10. The number of nitrogens with zero attached hydrogens (tertiary/aromatic N) is 2. The van der Waals surface area contributed by atoms with Crippen molar-refractivity contribution < 1.29 is 9.21 Å². The number of furan rings is 1. The molecule has 1 atom stereocenters. The van der Waals surface area contributed by atoms with Gasteiger partial charge in [-0.3, -0.25) is 4.79 Å². The summed E-state index contributed by atoms with van der Waals surface area (Å²) in [6.45, 7) is 0.497. The fraction of sp³-hybridized carbons (Fsp3) is 0.227. The van der Waals surface area contributed by atoms with E-state index in [1.165, 1.54) is 16.5 Å². The van der Waals surface area contributed by atoms with Crippen LogP contribution < -0.4 is 5.32 Å². The zero-order valence-corrected chi connectivity index (χ0v) is 15.8. The summed E-state index contributed by atoms with van der Waals surface area (Å²) in [5.41, 5.74) is 3.10. The molecule has 0 bridgehead atoms. The van der Waals surface area contributed by atoms with Crippen molar-refractivity contribution in [3.05, 3.63) is 72.1 Å². The lowest BCUT2D eigenvalue weighted by atomic mass is 10.0. The minimum absolute atomic E-state index is 0.0597. The number of aromatic nitrogens is 1. The molecule has 138 valence electrons. The van der Waals surface area contributed by atoms with Crippen LogP contribution in [0.3, 0.4) is 0 Å². The third-order valence-corrected chi connectivity index (χ3v) is 5.02. The zero-order valence-electron chi connectivity index (χ0n) is 15.8. The molecule has 0 spiro atoms. The van der Waals surface area contributed by atoms with Gasteiger partial charge >= 0.3 is 0 Å². The van der Waals surface area contributed by atoms with Crippen molar-refractivity contribution in [2.75, 3.05) is 20.6 Å². The molecule has 2 heterocycles. The number of hydrogen-bond donors (Lipinski definition) is 1. The van der Waals surface area contributed by atoms with E-state index < -0.39 is 0 Å². The standard InChI is InChI=1S/C22H23N3O2/c1-24(2)19(17-14-25(3)18-10-6-5-9-16(17)18)13-23-22(26)21-12-15-8-4-7-11-20(15)27-21/h4-12,14,19H,13H2,1-3H3,(H,23,26). The normalized spacial score (nSPS) is 12.7. The molecule has 1 amide bonds. The SMILES string of the molecule is CN(C)C(CNC(=O)c1cc2ccccc2o1)c1cn(C)c2ccccc12. The maximum atomic E-state index is 12.6. The zero-order chi connectivity index (χ0) is 19.0. The van der Waals surface area contributed by atoms with E-state index in [-0.39, 0.29) is 11.9 Å². The van der Waals surface area contributed by atoms with Gasteiger partial charge in [0.1, 0.15) is 5.58 Å². The van der Waals surface area contributed by atoms with Crippen LogP contribution in [-0.2, 0) is 7.05 Å². The minimum atomic E-state index is -0.196. The lowest BCUT2D eigenvalue weighted by molar-refractivity contribution is 0.0916. The molecule has 1 unspecified atom stereocenters. The number of amides is 1. The van der Waals surface area contributed by atoms with Gasteiger partial charge in [-0.25, -0.2) is 0 Å². The second-order valence-corrected chi connectivity index (χ2v) is 7.05. The Labute approximate surface area is 158 Å². The van der Waals surface area contributed by atoms with Crippen LogP contribution in [-0.4, -0.2) is 36.0 Å². The van der Waals surface area contributed by atoms with E-state index in [4.69, 9.17) is 4.42 Å². The fourth-order valence-corrected chi connectivity index (χ4v) is 3.58. The van der Waals surface area contributed by atoms with Gasteiger partial charge < -0.3 is 19.2 Å². The molecule has 0 fully saturated rings. The Morgan fingerprint density at radius 1 is 1.15 bits per heavy atom. The van der Waals surface area contributed by atoms with Gasteiger partial charge in [0.2, 0.25) is 0 Å². The van der Waals surface area contributed by atoms with E-state index in [0.29, 0.717) is 12.3 Å². The van der Waals surface area contributed by atoms with Crippen molar-refractivity contribution in [3.8, 4) is 0 Å². The number of likely N-dealkylation sites (N-methyl/N-ethyl adjacent to an activating group) is 1. The van der Waals surface area contributed by atoms with Gasteiger partial charge in [0.15, 0.2) is 5.76 Å². The highest BCUT2D eigenvalue weighted by Crippen LogP contribution is 2.28. The quantitative estimate of drug-likeness (QED) is 0.585. The first-order chi connectivity index (χ1) is 13.0. The van der Waals surface area contributed by atoms with E-state index in [0.717, 1.165) is 11.0 Å². The second kappa shape index (κ2) is 6.93. The molecule has 0 saturated heterocycles. The Kier molecular flexibility index (Phi) is 4.46. The topological polar surface area (TPSA) is 50.4 Å². The Bertz CT molecular complexity index is 1070. The van der Waals surface area contributed by atoms with Crippen LogP contribution in [0.25, 0.3) is 21.9 Å². The number of fused-ring (bicyclic) bond motifs is 2. The van der Waals surface area contributed by atoms with Crippen LogP contribution >= 0.6 is 0 Å². The van der Waals surface area contributed by atoms with E-state index in [9.17, 15) is 4.79 Å². The molecule has 5 nitrogen and oxygen atoms in total. The highest BCUT2D eigenvalue weighted by Gasteiger charge is 2.21. The molecule has 0 radical (unpaired) electrons. The third-order valence-electron chi connectivity index (χ3n) is 5.02. The molecule has 0 aliphatic heterocycles. The second-order valence-electron chi connectivity index (χ2n) is 7.05. The Morgan fingerprint density at radius 2 is 1.89 bits per heavy atom. The molecule has 0 saturated carbocycles. The largest absolute Gasteiger partial charge is 0.451 e. The monoisotopic (exact) mass is 361 g/mol. The summed E-state index contributed by atoms with van der Waals surface area (Å²) in [5, 5.41) is 5.17. The summed E-state index contributed by atoms with van der Waals surface area (Å²) in [4.78, 5) is 14.7. The number of carbonyl (C=O) groups excluding carboxylic acids is 1. The molecule has 2 aromatic carbocycles. The average Bonchev–Trinajstić information content (AvgIpc) is 3.24. The first kappa shape index (κ1) is 17.4. The Hall–Kier alpha value is -3.05. The molecule has 0 aliphatic carbocycles. The van der Waals surface area contributed by atoms with Gasteiger partial charge in [0.05, 0.1) is 6.04 Å². The van der Waals surface area contributed by atoms with Crippen LogP contribution in [0.1, 0.15) is 22.2 Å². The molecule has 27 heavy (non-hydrogen) atoms. The van der Waals surface area contributed by atoms with Gasteiger partial charge in [-0.1, -0.05) is 36.4 Å². The smallest absolute Gasteiger partial charge is 0.287 e. The van der Waals surface area contributed by atoms with Crippen LogP contribution in [0.4, 0.5) is 0 Å². The lowest BCUT2D eigenvalue weighted by Crippen LogP contribution is -2.34. The molecule has 4 aromatic rings. The van der Waals surface area contributed by atoms with Crippen LogP contribution in [0, 0.1) is 0 Å². The predicted molar refractivity (Wildman–Crippen MR) is 108 cm³/mol. The van der Waals surface area contributed by atoms with Gasteiger partial charge in [-0.05, 0) is 37.9 Å². The third kappa shape index (κ3) is 3.22. The Morgan fingerprint density at radius 3 is 2.67 bits per heavy atom. The van der Waals surface area contributed by atoms with Crippen LogP contribution in [0.2, 0.25) is 0 Å². The predicted octanol–water partition coefficient (Wildman–Crippen LogP) is 3.96. The van der Waals surface area contributed by atoms with Crippen molar-refractivity contribution in [3.63, 3.8) is 0 Å². The molecule has 5 heteroatoms. The maximum Gasteiger partial charge on any atom is 0.287 e. The Balaban J connectivity index is 1.57. The maximum absolute atomic E-state index is 12.6. The molecular weight excluding hydrogens is 338 g/mol. The number of aryl methyl sites for hydroxylation is 1. The van der Waals surface area contributed by atoms with Gasteiger partial charge in [0, 0.05) is 36.1 Å². The van der Waals surface area contributed by atoms with Gasteiger partial charge in [-0.2, -0.15) is 0 Å². The van der Waals surface area contributed by atoms with Crippen molar-refractivity contribution in [1.29, 1.82) is 0 Å². The number of hydrogen-bond acceptors (Lipinski definition) is 3. The average molecular weight is 361 g/mol. The highest BCUT2D eigenvalue weighted by atomic mass is 16.3. The van der Waals surface area contributed by atoms with E-state index >= 15 is 0 Å². The summed E-state index contributed by atoms with van der Waals surface area (Å²) >= 11 is 0. The van der Waals surface area contributed by atoms with Crippen LogP contribution in [0.15, 0.2) is 65.2 Å². The number of carbonyl (C=O) groups is 1. The van der Waals surface area contributed by atoms with E-state index in [1.54, 1.807) is 6.07 Å².